The van der Waals surface area contributed by atoms with Crippen LogP contribution in [0.2, 0.25) is 0 Å². The van der Waals surface area contributed by atoms with Gasteiger partial charge >= 0.3 is 0 Å². The molecule has 0 aromatic rings. The maximum Gasteiger partial charge on any atom is 0.0431 e. The summed E-state index contributed by atoms with van der Waals surface area (Å²) in [7, 11) is 0. The van der Waals surface area contributed by atoms with Crippen LogP contribution in [0.1, 0.15) is 335 Å². The van der Waals surface area contributed by atoms with E-state index in [1.165, 1.54) is 308 Å². The van der Waals surface area contributed by atoms with Crippen molar-refractivity contribution >= 4 is 0 Å². The van der Waals surface area contributed by atoms with Crippen molar-refractivity contribution in [2.45, 2.75) is 335 Å². The van der Waals surface area contributed by atoms with Gasteiger partial charge in [-0.2, -0.15) is 0 Å². The Hall–Kier alpha value is -0.0800. The molecule has 0 fully saturated rings. The van der Waals surface area contributed by atoms with Crippen LogP contribution in [0.4, 0.5) is 0 Å². The summed E-state index contributed by atoms with van der Waals surface area (Å²) in [6.07, 6.45) is 71.2. The normalized spacial score (nSPS) is 11.4. The minimum Gasteiger partial charge on any atom is -0.396 e. The van der Waals surface area contributed by atoms with E-state index in [4.69, 9.17) is 10.2 Å². The molecule has 0 spiro atoms. The molecule has 0 atom stereocenters. The van der Waals surface area contributed by atoms with Gasteiger partial charge in [0.05, 0.1) is 0 Å². The molecule has 0 heterocycles. The van der Waals surface area contributed by atoms with Gasteiger partial charge in [0.25, 0.3) is 0 Å². The summed E-state index contributed by atoms with van der Waals surface area (Å²) >= 11 is 0. The summed E-state index contributed by atoms with van der Waals surface area (Å²) in [6, 6.07) is 0. The molecule has 2 nitrogen and oxygen atoms in total. The van der Waals surface area contributed by atoms with Crippen LogP contribution >= 0.6 is 0 Å². The molecule has 2 heteroatoms. The van der Waals surface area contributed by atoms with Crippen molar-refractivity contribution in [1.82, 2.24) is 0 Å². The summed E-state index contributed by atoms with van der Waals surface area (Å²) in [5.41, 5.74) is 0. The molecule has 0 amide bonds. The maximum absolute atomic E-state index is 8.75. The molecule has 0 aliphatic heterocycles. The van der Waals surface area contributed by atoms with Crippen LogP contribution in [-0.4, -0.2) is 23.4 Å². The molecule has 0 aliphatic rings. The zero-order valence-electron chi connectivity index (χ0n) is 39.7. The van der Waals surface area contributed by atoms with Crippen molar-refractivity contribution in [3.05, 3.63) is 0 Å². The average molecular weight is 793 g/mol. The van der Waals surface area contributed by atoms with Crippen LogP contribution < -0.4 is 0 Å². The van der Waals surface area contributed by atoms with Crippen molar-refractivity contribution in [2.75, 3.05) is 13.2 Å². The molecule has 0 aromatic carbocycles. The van der Waals surface area contributed by atoms with E-state index >= 15 is 0 Å². The van der Waals surface area contributed by atoms with Crippen LogP contribution in [0.3, 0.4) is 0 Å². The van der Waals surface area contributed by atoms with Gasteiger partial charge in [-0.25, -0.2) is 0 Å². The van der Waals surface area contributed by atoms with Crippen molar-refractivity contribution < 1.29 is 10.2 Å². The van der Waals surface area contributed by atoms with E-state index in [1.807, 2.05) is 0 Å². The third-order valence-corrected chi connectivity index (χ3v) is 12.5. The monoisotopic (exact) mass is 793 g/mol. The highest BCUT2D eigenvalue weighted by Crippen LogP contribution is 2.18. The van der Waals surface area contributed by atoms with Crippen LogP contribution in [0, 0.1) is 0 Å². The summed E-state index contributed by atoms with van der Waals surface area (Å²) < 4.78 is 0. The highest BCUT2D eigenvalue weighted by Gasteiger charge is 1.98. The predicted molar refractivity (Wildman–Crippen MR) is 256 cm³/mol. The van der Waals surface area contributed by atoms with Crippen LogP contribution in [-0.2, 0) is 0 Å². The summed E-state index contributed by atoms with van der Waals surface area (Å²) in [4.78, 5) is 0. The Morgan fingerprint density at radius 3 is 0.321 bits per heavy atom. The van der Waals surface area contributed by atoms with E-state index in [0.29, 0.717) is 13.2 Å². The van der Waals surface area contributed by atoms with Crippen LogP contribution in [0.25, 0.3) is 0 Å². The third-order valence-electron chi connectivity index (χ3n) is 12.5. The van der Waals surface area contributed by atoms with E-state index in [2.05, 4.69) is 13.8 Å². The second-order valence-corrected chi connectivity index (χ2v) is 18.4. The van der Waals surface area contributed by atoms with Crippen LogP contribution in [0.15, 0.2) is 0 Å². The Labute approximate surface area is 357 Å². The molecule has 0 saturated carbocycles. The van der Waals surface area contributed by atoms with Gasteiger partial charge in [0.15, 0.2) is 0 Å². The van der Waals surface area contributed by atoms with Gasteiger partial charge in [-0.1, -0.05) is 322 Å². The van der Waals surface area contributed by atoms with E-state index in [9.17, 15) is 0 Å². The molecular formula is C54H112O2. The SMILES string of the molecule is CCCCCCCCCCCCCCCCCCCCCCCCCCCCO.CCCCCCCCCCCCCCCCCCCCCCCCCCO. The van der Waals surface area contributed by atoms with Gasteiger partial charge < -0.3 is 10.2 Å². The Balaban J connectivity index is 0. The van der Waals surface area contributed by atoms with Gasteiger partial charge in [0.1, 0.15) is 0 Å². The summed E-state index contributed by atoms with van der Waals surface area (Å²) in [6.45, 7) is 5.35. The second kappa shape index (κ2) is 59.2. The first-order valence-corrected chi connectivity index (χ1v) is 27.0. The lowest BCUT2D eigenvalue weighted by molar-refractivity contribution is 0.282. The smallest absolute Gasteiger partial charge is 0.0431 e. The molecule has 2 N–H and O–H groups in total. The summed E-state index contributed by atoms with van der Waals surface area (Å²) in [5.74, 6) is 0. The van der Waals surface area contributed by atoms with Gasteiger partial charge in [-0.05, 0) is 12.8 Å². The Kier molecular flexibility index (Phi) is 61.4. The number of hydrogen-bond donors (Lipinski definition) is 2. The zero-order chi connectivity index (χ0) is 40.8. The molecule has 0 bridgehead atoms. The third kappa shape index (κ3) is 60.6. The number of unbranched alkanes of at least 4 members (excludes halogenated alkanes) is 48. The molecule has 0 saturated heterocycles. The molecule has 0 aliphatic carbocycles. The number of aliphatic hydroxyl groups is 2. The minimum absolute atomic E-state index is 0.374. The molecular weight excluding hydrogens is 681 g/mol. The largest absolute Gasteiger partial charge is 0.396 e. The first-order chi connectivity index (χ1) is 27.8. The first-order valence-electron chi connectivity index (χ1n) is 27.0. The average Bonchev–Trinajstić information content (AvgIpc) is 3.21. The fourth-order valence-corrected chi connectivity index (χ4v) is 8.50. The Morgan fingerprint density at radius 2 is 0.232 bits per heavy atom. The highest BCUT2D eigenvalue weighted by molar-refractivity contribution is 4.54. The lowest BCUT2D eigenvalue weighted by atomic mass is 10.0. The maximum atomic E-state index is 8.75. The molecule has 0 aromatic heterocycles. The lowest BCUT2D eigenvalue weighted by Gasteiger charge is -2.04. The van der Waals surface area contributed by atoms with E-state index < -0.39 is 0 Å². The van der Waals surface area contributed by atoms with E-state index in [0.717, 1.165) is 12.8 Å². The lowest BCUT2D eigenvalue weighted by Crippen LogP contribution is -1.85. The van der Waals surface area contributed by atoms with Crippen LogP contribution in [0.5, 0.6) is 0 Å². The second-order valence-electron chi connectivity index (χ2n) is 18.4. The molecule has 0 radical (unpaired) electrons. The first kappa shape index (κ1) is 58.0. The standard InChI is InChI=1S/C28H58O.C26H54O/c1-2-3-4-5-6-7-8-9-10-11-12-13-14-15-16-17-18-19-20-21-22-23-24-25-26-27-28-29;1-2-3-4-5-6-7-8-9-10-11-12-13-14-15-16-17-18-19-20-21-22-23-24-25-26-27/h29H,2-28H2,1H3;27H,2-26H2,1H3. The van der Waals surface area contributed by atoms with Crippen molar-refractivity contribution in [1.29, 1.82) is 0 Å². The topological polar surface area (TPSA) is 40.5 Å². The van der Waals surface area contributed by atoms with Gasteiger partial charge in [0, 0.05) is 13.2 Å². The van der Waals surface area contributed by atoms with Crippen molar-refractivity contribution in [3.8, 4) is 0 Å². The zero-order valence-corrected chi connectivity index (χ0v) is 39.7. The molecule has 56 heavy (non-hydrogen) atoms. The van der Waals surface area contributed by atoms with Gasteiger partial charge in [-0.3, -0.25) is 0 Å². The van der Waals surface area contributed by atoms with Crippen molar-refractivity contribution in [2.24, 2.45) is 0 Å². The predicted octanol–water partition coefficient (Wildman–Crippen LogP) is 19.5. The number of hydrogen-bond acceptors (Lipinski definition) is 2. The fourth-order valence-electron chi connectivity index (χ4n) is 8.50. The molecule has 340 valence electrons. The minimum atomic E-state index is 0.374. The molecule has 0 rings (SSSR count). The Bertz CT molecular complexity index is 555. The van der Waals surface area contributed by atoms with Gasteiger partial charge in [0.2, 0.25) is 0 Å². The molecule has 0 unspecified atom stereocenters. The quantitative estimate of drug-likeness (QED) is 0.0602. The van der Waals surface area contributed by atoms with E-state index in [1.54, 1.807) is 0 Å². The van der Waals surface area contributed by atoms with Gasteiger partial charge in [-0.15, -0.1) is 0 Å². The number of aliphatic hydroxyl groups excluding tert-OH is 2. The number of rotatable bonds is 50. The Morgan fingerprint density at radius 1 is 0.143 bits per heavy atom. The highest BCUT2D eigenvalue weighted by atomic mass is 16.3. The summed E-state index contributed by atoms with van der Waals surface area (Å²) in [5, 5.41) is 17.5. The fraction of sp³-hybridized carbons (Fsp3) is 1.00. The van der Waals surface area contributed by atoms with E-state index in [-0.39, 0.29) is 0 Å². The van der Waals surface area contributed by atoms with Crippen molar-refractivity contribution in [3.63, 3.8) is 0 Å².